The minimum atomic E-state index is -0.478. The van der Waals surface area contributed by atoms with Crippen molar-refractivity contribution in [3.63, 3.8) is 0 Å². The second-order valence-electron chi connectivity index (χ2n) is 5.62. The normalized spacial score (nSPS) is 18.2. The van der Waals surface area contributed by atoms with Crippen LogP contribution in [0.15, 0.2) is 59.7 Å². The predicted octanol–water partition coefficient (Wildman–Crippen LogP) is 4.08. The van der Waals surface area contributed by atoms with Gasteiger partial charge in [-0.3, -0.25) is 5.01 Å². The summed E-state index contributed by atoms with van der Waals surface area (Å²) in [6.07, 6.45) is 0.831. The van der Waals surface area contributed by atoms with Crippen LogP contribution in [0.4, 0.5) is 0 Å². The van der Waals surface area contributed by atoms with E-state index in [2.05, 4.69) is 23.3 Å². The van der Waals surface area contributed by atoms with Gasteiger partial charge in [-0.1, -0.05) is 48.5 Å². The van der Waals surface area contributed by atoms with Gasteiger partial charge in [-0.25, -0.2) is 0 Å². The molecule has 23 heavy (non-hydrogen) atoms. The van der Waals surface area contributed by atoms with Crippen molar-refractivity contribution in [1.29, 1.82) is 5.26 Å². The molecular formula is C19H19N3O. The summed E-state index contributed by atoms with van der Waals surface area (Å²) in [5, 5.41) is 16.3. The second kappa shape index (κ2) is 6.53. The summed E-state index contributed by atoms with van der Waals surface area (Å²) in [6, 6.07) is 19.8. The average Bonchev–Trinajstić information content (AvgIpc) is 2.98. The average molecular weight is 305 g/mol. The van der Waals surface area contributed by atoms with Gasteiger partial charge in [0.2, 0.25) is 0 Å². The molecular weight excluding hydrogens is 286 g/mol. The maximum atomic E-state index is 9.79. The standard InChI is InChI=1S/C19H19N3O/c1-14-12-17(15-8-4-3-5-9-15)22(21-14)18(13-20)16-10-6-7-11-19(16)23-2/h3-11,17-18H,12H2,1-2H3/t17-,18+/m0/s1. The number of rotatable bonds is 4. The van der Waals surface area contributed by atoms with Crippen LogP contribution in [-0.2, 0) is 0 Å². The Bertz CT molecular complexity index is 749. The Morgan fingerprint density at radius 3 is 2.57 bits per heavy atom. The Balaban J connectivity index is 2.01. The molecule has 1 heterocycles. The molecule has 4 nitrogen and oxygen atoms in total. The number of hydrogen-bond donors (Lipinski definition) is 0. The second-order valence-corrected chi connectivity index (χ2v) is 5.62. The summed E-state index contributed by atoms with van der Waals surface area (Å²) < 4.78 is 5.43. The predicted molar refractivity (Wildman–Crippen MR) is 90.1 cm³/mol. The first kappa shape index (κ1) is 15.1. The van der Waals surface area contributed by atoms with Crippen LogP contribution < -0.4 is 4.74 Å². The number of benzene rings is 2. The molecule has 0 N–H and O–H groups in total. The van der Waals surface area contributed by atoms with Gasteiger partial charge < -0.3 is 4.74 Å². The lowest BCUT2D eigenvalue weighted by Gasteiger charge is -2.29. The number of methoxy groups -OCH3 is 1. The van der Waals surface area contributed by atoms with Crippen molar-refractivity contribution < 1.29 is 4.74 Å². The van der Waals surface area contributed by atoms with Crippen LogP contribution in [0.3, 0.4) is 0 Å². The van der Waals surface area contributed by atoms with Gasteiger partial charge in [-0.05, 0) is 18.6 Å². The Morgan fingerprint density at radius 1 is 1.17 bits per heavy atom. The molecule has 0 spiro atoms. The Kier molecular flexibility index (Phi) is 4.29. The fourth-order valence-corrected chi connectivity index (χ4v) is 3.03. The van der Waals surface area contributed by atoms with Crippen LogP contribution in [0, 0.1) is 11.3 Å². The molecule has 0 aromatic heterocycles. The third kappa shape index (κ3) is 2.91. The van der Waals surface area contributed by atoms with E-state index in [-0.39, 0.29) is 6.04 Å². The fraction of sp³-hybridized carbons (Fsp3) is 0.263. The van der Waals surface area contributed by atoms with Crippen molar-refractivity contribution in [2.24, 2.45) is 5.10 Å². The SMILES string of the molecule is COc1ccccc1[C@@H](C#N)N1N=C(C)C[C@H]1c1ccccc1. The van der Waals surface area contributed by atoms with Crippen LogP contribution >= 0.6 is 0 Å². The molecule has 0 amide bonds. The number of hydrazone groups is 1. The number of ether oxygens (including phenoxy) is 1. The zero-order valence-electron chi connectivity index (χ0n) is 13.3. The van der Waals surface area contributed by atoms with Crippen LogP contribution in [-0.4, -0.2) is 17.8 Å². The quantitative estimate of drug-likeness (QED) is 0.855. The van der Waals surface area contributed by atoms with Gasteiger partial charge >= 0.3 is 0 Å². The van der Waals surface area contributed by atoms with Gasteiger partial charge in [0.05, 0.1) is 19.2 Å². The maximum Gasteiger partial charge on any atom is 0.162 e. The first-order valence-electron chi connectivity index (χ1n) is 7.64. The smallest absolute Gasteiger partial charge is 0.162 e. The summed E-state index contributed by atoms with van der Waals surface area (Å²) in [5.41, 5.74) is 3.05. The molecule has 0 saturated heterocycles. The summed E-state index contributed by atoms with van der Waals surface area (Å²) in [5.74, 6) is 0.714. The highest BCUT2D eigenvalue weighted by atomic mass is 16.5. The number of nitriles is 1. The van der Waals surface area contributed by atoms with Crippen LogP contribution in [0.1, 0.15) is 36.6 Å². The molecule has 1 aliphatic rings. The van der Waals surface area contributed by atoms with E-state index < -0.39 is 6.04 Å². The molecule has 0 bridgehead atoms. The maximum absolute atomic E-state index is 9.79. The van der Waals surface area contributed by atoms with E-state index in [1.54, 1.807) is 7.11 Å². The Labute approximate surface area is 136 Å². The topological polar surface area (TPSA) is 48.6 Å². The zero-order valence-corrected chi connectivity index (χ0v) is 13.3. The lowest BCUT2D eigenvalue weighted by Crippen LogP contribution is -2.24. The van der Waals surface area contributed by atoms with E-state index in [1.807, 2.05) is 54.4 Å². The lowest BCUT2D eigenvalue weighted by atomic mass is 9.99. The number of hydrogen-bond acceptors (Lipinski definition) is 4. The van der Waals surface area contributed by atoms with Gasteiger partial charge in [0, 0.05) is 17.7 Å². The molecule has 0 radical (unpaired) electrons. The highest BCUT2D eigenvalue weighted by Crippen LogP contribution is 2.39. The first-order chi connectivity index (χ1) is 11.2. The molecule has 3 rings (SSSR count). The minimum Gasteiger partial charge on any atom is -0.496 e. The lowest BCUT2D eigenvalue weighted by molar-refractivity contribution is 0.193. The number of nitrogens with zero attached hydrogens (tertiary/aromatic N) is 3. The largest absolute Gasteiger partial charge is 0.496 e. The van der Waals surface area contributed by atoms with E-state index >= 15 is 0 Å². The van der Waals surface area contributed by atoms with Crippen molar-refractivity contribution in [1.82, 2.24) is 5.01 Å². The van der Waals surface area contributed by atoms with Gasteiger partial charge in [0.25, 0.3) is 0 Å². The van der Waals surface area contributed by atoms with Crippen molar-refractivity contribution in [2.75, 3.05) is 7.11 Å². The Hall–Kier alpha value is -2.80. The summed E-state index contributed by atoms with van der Waals surface area (Å²) >= 11 is 0. The molecule has 1 aliphatic heterocycles. The van der Waals surface area contributed by atoms with E-state index in [4.69, 9.17) is 4.74 Å². The molecule has 116 valence electrons. The van der Waals surface area contributed by atoms with Crippen molar-refractivity contribution in [2.45, 2.75) is 25.4 Å². The summed E-state index contributed by atoms with van der Waals surface area (Å²) in [6.45, 7) is 2.01. The highest BCUT2D eigenvalue weighted by Gasteiger charge is 2.33. The fourth-order valence-electron chi connectivity index (χ4n) is 3.03. The van der Waals surface area contributed by atoms with Crippen LogP contribution in [0.25, 0.3) is 0 Å². The van der Waals surface area contributed by atoms with Gasteiger partial charge in [0.1, 0.15) is 5.75 Å². The first-order valence-corrected chi connectivity index (χ1v) is 7.64. The van der Waals surface area contributed by atoms with E-state index in [0.29, 0.717) is 5.75 Å². The van der Waals surface area contributed by atoms with Crippen molar-refractivity contribution in [3.05, 3.63) is 65.7 Å². The molecule has 0 unspecified atom stereocenters. The zero-order chi connectivity index (χ0) is 16.2. The molecule has 2 aromatic rings. The van der Waals surface area contributed by atoms with E-state index in [1.165, 1.54) is 5.56 Å². The molecule has 2 aromatic carbocycles. The van der Waals surface area contributed by atoms with E-state index in [9.17, 15) is 5.26 Å². The molecule has 0 fully saturated rings. The monoisotopic (exact) mass is 305 g/mol. The third-order valence-electron chi connectivity index (χ3n) is 4.10. The molecule has 4 heteroatoms. The summed E-state index contributed by atoms with van der Waals surface area (Å²) in [4.78, 5) is 0. The Morgan fingerprint density at radius 2 is 1.87 bits per heavy atom. The van der Waals surface area contributed by atoms with E-state index in [0.717, 1.165) is 17.7 Å². The molecule has 0 saturated carbocycles. The van der Waals surface area contributed by atoms with Gasteiger partial charge in [-0.15, -0.1) is 0 Å². The third-order valence-corrected chi connectivity index (χ3v) is 4.10. The van der Waals surface area contributed by atoms with Crippen molar-refractivity contribution >= 4 is 5.71 Å². The molecule has 0 aliphatic carbocycles. The van der Waals surface area contributed by atoms with Gasteiger partial charge in [0.15, 0.2) is 6.04 Å². The minimum absolute atomic E-state index is 0.0748. The highest BCUT2D eigenvalue weighted by molar-refractivity contribution is 5.84. The van der Waals surface area contributed by atoms with Crippen LogP contribution in [0.2, 0.25) is 0 Å². The number of para-hydroxylation sites is 1. The van der Waals surface area contributed by atoms with Gasteiger partial charge in [-0.2, -0.15) is 10.4 Å². The molecule has 2 atom stereocenters. The van der Waals surface area contributed by atoms with Crippen molar-refractivity contribution in [3.8, 4) is 11.8 Å². The summed E-state index contributed by atoms with van der Waals surface area (Å²) in [7, 11) is 1.63. The van der Waals surface area contributed by atoms with Crippen LogP contribution in [0.5, 0.6) is 5.75 Å².